The van der Waals surface area contributed by atoms with E-state index < -0.39 is 15.9 Å². The minimum Gasteiger partial charge on any atom is -0.469 e. The van der Waals surface area contributed by atoms with Gasteiger partial charge < -0.3 is 9.64 Å². The lowest BCUT2D eigenvalue weighted by Gasteiger charge is -2.34. The van der Waals surface area contributed by atoms with Crippen molar-refractivity contribution in [1.82, 2.24) is 9.21 Å². The molecular weight excluding hydrogens is 392 g/mol. The van der Waals surface area contributed by atoms with E-state index in [0.29, 0.717) is 43.9 Å². The second-order valence-corrected chi connectivity index (χ2v) is 9.65. The Morgan fingerprint density at radius 3 is 2.38 bits per heavy atom. The van der Waals surface area contributed by atoms with Gasteiger partial charge in [-0.15, -0.1) is 0 Å². The molecule has 0 aromatic heterocycles. The van der Waals surface area contributed by atoms with E-state index in [-0.39, 0.29) is 17.8 Å². The van der Waals surface area contributed by atoms with Crippen LogP contribution in [0.4, 0.5) is 0 Å². The van der Waals surface area contributed by atoms with Crippen molar-refractivity contribution in [2.75, 3.05) is 33.3 Å². The number of methoxy groups -OCH3 is 1. The molecule has 162 valence electrons. The number of piperidine rings is 1. The van der Waals surface area contributed by atoms with E-state index in [1.54, 1.807) is 30.9 Å². The van der Waals surface area contributed by atoms with E-state index >= 15 is 0 Å². The fourth-order valence-corrected chi connectivity index (χ4v) is 5.49. The molecule has 8 heteroatoms. The standard InChI is InChI=1S/C21H32N2O5S/c1-6-22(14-17(4)21(25)28-5)20(24)18-9-11-23(12-10-18)29(26,27)19-8-7-15(2)13-16(19)3/h7-8,13,17-18H,6,9-12,14H2,1-5H3. The van der Waals surface area contributed by atoms with Gasteiger partial charge in [-0.05, 0) is 45.2 Å². The van der Waals surface area contributed by atoms with Gasteiger partial charge in [0, 0.05) is 32.1 Å². The van der Waals surface area contributed by atoms with Crippen molar-refractivity contribution in [2.24, 2.45) is 11.8 Å². The topological polar surface area (TPSA) is 84.0 Å². The maximum Gasteiger partial charge on any atom is 0.310 e. The highest BCUT2D eigenvalue weighted by Gasteiger charge is 2.34. The number of esters is 1. The Kier molecular flexibility index (Phi) is 7.82. The maximum absolute atomic E-state index is 13.0. The van der Waals surface area contributed by atoms with Gasteiger partial charge in [0.2, 0.25) is 15.9 Å². The number of hydrogen-bond acceptors (Lipinski definition) is 5. The predicted octanol–water partition coefficient (Wildman–Crippen LogP) is 2.36. The first-order valence-electron chi connectivity index (χ1n) is 10.1. The van der Waals surface area contributed by atoms with Crippen LogP contribution >= 0.6 is 0 Å². The van der Waals surface area contributed by atoms with Crippen LogP contribution in [0.15, 0.2) is 23.1 Å². The Balaban J connectivity index is 2.03. The minimum absolute atomic E-state index is 0.0215. The van der Waals surface area contributed by atoms with Crippen LogP contribution in [-0.4, -0.2) is 62.8 Å². The molecule has 0 spiro atoms. The number of nitrogens with zero attached hydrogens (tertiary/aromatic N) is 2. The number of benzene rings is 1. The number of carbonyl (C=O) groups is 2. The van der Waals surface area contributed by atoms with Crippen LogP contribution in [0.2, 0.25) is 0 Å². The van der Waals surface area contributed by atoms with Gasteiger partial charge in [0.05, 0.1) is 17.9 Å². The van der Waals surface area contributed by atoms with Crippen LogP contribution in [-0.2, 0) is 24.3 Å². The quantitative estimate of drug-likeness (QED) is 0.628. The molecule has 2 rings (SSSR count). The third kappa shape index (κ3) is 5.36. The first-order chi connectivity index (χ1) is 13.6. The zero-order valence-corrected chi connectivity index (χ0v) is 18.8. The second-order valence-electron chi connectivity index (χ2n) is 7.75. The summed E-state index contributed by atoms with van der Waals surface area (Å²) in [6, 6.07) is 5.33. The van der Waals surface area contributed by atoms with Crippen LogP contribution in [0.5, 0.6) is 0 Å². The third-order valence-electron chi connectivity index (χ3n) is 5.54. The van der Waals surface area contributed by atoms with E-state index in [2.05, 4.69) is 0 Å². The van der Waals surface area contributed by atoms with E-state index in [0.717, 1.165) is 11.1 Å². The molecule has 1 heterocycles. The van der Waals surface area contributed by atoms with E-state index in [9.17, 15) is 18.0 Å². The summed E-state index contributed by atoms with van der Waals surface area (Å²) in [5, 5.41) is 0. The molecule has 0 saturated carbocycles. The normalized spacial score (nSPS) is 17.0. The summed E-state index contributed by atoms with van der Waals surface area (Å²) < 4.78 is 32.3. The summed E-state index contributed by atoms with van der Waals surface area (Å²) >= 11 is 0. The Hall–Kier alpha value is -1.93. The Labute approximate surface area is 174 Å². The lowest BCUT2D eigenvalue weighted by molar-refractivity contribution is -0.147. The third-order valence-corrected chi connectivity index (χ3v) is 7.60. The average Bonchev–Trinajstić information content (AvgIpc) is 2.70. The van der Waals surface area contributed by atoms with Gasteiger partial charge in [0.15, 0.2) is 0 Å². The van der Waals surface area contributed by atoms with Crippen LogP contribution in [0.1, 0.15) is 37.8 Å². The number of sulfonamides is 1. The van der Waals surface area contributed by atoms with Gasteiger partial charge in [0.1, 0.15) is 0 Å². The van der Waals surface area contributed by atoms with Crippen LogP contribution in [0, 0.1) is 25.7 Å². The Morgan fingerprint density at radius 2 is 1.86 bits per heavy atom. The molecule has 1 aliphatic heterocycles. The van der Waals surface area contributed by atoms with Crippen LogP contribution in [0.25, 0.3) is 0 Å². The van der Waals surface area contributed by atoms with Gasteiger partial charge in [-0.25, -0.2) is 8.42 Å². The van der Waals surface area contributed by atoms with Crippen molar-refractivity contribution >= 4 is 21.9 Å². The predicted molar refractivity (Wildman–Crippen MR) is 111 cm³/mol. The number of amides is 1. The van der Waals surface area contributed by atoms with Crippen LogP contribution < -0.4 is 0 Å². The monoisotopic (exact) mass is 424 g/mol. The van der Waals surface area contributed by atoms with Crippen molar-refractivity contribution in [2.45, 2.75) is 45.4 Å². The van der Waals surface area contributed by atoms with Crippen molar-refractivity contribution in [1.29, 1.82) is 0 Å². The molecule has 1 aromatic rings. The summed E-state index contributed by atoms with van der Waals surface area (Å²) in [5.74, 6) is -0.989. The molecule has 0 bridgehead atoms. The molecule has 7 nitrogen and oxygen atoms in total. The summed E-state index contributed by atoms with van der Waals surface area (Å²) in [7, 11) is -2.23. The number of aryl methyl sites for hydroxylation is 2. The highest BCUT2D eigenvalue weighted by atomic mass is 32.2. The first kappa shape index (κ1) is 23.3. The van der Waals surface area contributed by atoms with E-state index in [1.165, 1.54) is 11.4 Å². The molecule has 1 atom stereocenters. The molecular formula is C21H32N2O5S. The number of ether oxygens (including phenoxy) is 1. The second kappa shape index (κ2) is 9.71. The highest BCUT2D eigenvalue weighted by molar-refractivity contribution is 7.89. The molecule has 0 N–H and O–H groups in total. The molecule has 29 heavy (non-hydrogen) atoms. The maximum atomic E-state index is 13.0. The average molecular weight is 425 g/mol. The minimum atomic E-state index is -3.57. The van der Waals surface area contributed by atoms with Crippen LogP contribution in [0.3, 0.4) is 0 Å². The van der Waals surface area contributed by atoms with Gasteiger partial charge in [-0.1, -0.05) is 24.6 Å². The molecule has 0 radical (unpaired) electrons. The van der Waals surface area contributed by atoms with E-state index in [4.69, 9.17) is 4.74 Å². The smallest absolute Gasteiger partial charge is 0.310 e. The highest BCUT2D eigenvalue weighted by Crippen LogP contribution is 2.27. The molecule has 1 aromatic carbocycles. The number of carbonyl (C=O) groups excluding carboxylic acids is 2. The molecule has 1 aliphatic rings. The zero-order chi connectivity index (χ0) is 21.8. The van der Waals surface area contributed by atoms with Crippen molar-refractivity contribution < 1.29 is 22.7 Å². The van der Waals surface area contributed by atoms with Gasteiger partial charge >= 0.3 is 5.97 Å². The van der Waals surface area contributed by atoms with Gasteiger partial charge in [-0.3, -0.25) is 9.59 Å². The SMILES string of the molecule is CCN(CC(C)C(=O)OC)C(=O)C1CCN(S(=O)(=O)c2ccc(C)cc2C)CC1. The fourth-order valence-electron chi connectivity index (χ4n) is 3.81. The number of rotatable bonds is 7. The Morgan fingerprint density at radius 1 is 1.24 bits per heavy atom. The molecule has 1 amide bonds. The molecule has 0 aliphatic carbocycles. The van der Waals surface area contributed by atoms with Crippen molar-refractivity contribution in [3.8, 4) is 0 Å². The van der Waals surface area contributed by atoms with Crippen molar-refractivity contribution in [3.05, 3.63) is 29.3 Å². The molecule has 1 fully saturated rings. The summed E-state index contributed by atoms with van der Waals surface area (Å²) in [6.07, 6.45) is 0.957. The molecule has 1 unspecified atom stereocenters. The summed E-state index contributed by atoms with van der Waals surface area (Å²) in [5.41, 5.74) is 1.75. The summed E-state index contributed by atoms with van der Waals surface area (Å²) in [4.78, 5) is 26.6. The fraction of sp³-hybridized carbons (Fsp3) is 0.619. The molecule has 1 saturated heterocycles. The lowest BCUT2D eigenvalue weighted by atomic mass is 9.96. The number of hydrogen-bond donors (Lipinski definition) is 0. The summed E-state index contributed by atoms with van der Waals surface area (Å²) in [6.45, 7) is 8.79. The van der Waals surface area contributed by atoms with Gasteiger partial charge in [-0.2, -0.15) is 4.31 Å². The Bertz CT molecular complexity index is 845. The van der Waals surface area contributed by atoms with Crippen molar-refractivity contribution in [3.63, 3.8) is 0 Å². The van der Waals surface area contributed by atoms with Gasteiger partial charge in [0.25, 0.3) is 0 Å². The van der Waals surface area contributed by atoms with E-state index in [1.807, 2.05) is 19.9 Å². The first-order valence-corrected chi connectivity index (χ1v) is 11.5. The lowest BCUT2D eigenvalue weighted by Crippen LogP contribution is -2.46. The largest absolute Gasteiger partial charge is 0.469 e. The zero-order valence-electron chi connectivity index (χ0n) is 18.0.